The monoisotopic (exact) mass is 614 g/mol. The molecule has 14 heteroatoms. The molecule has 3 aliphatic heterocycles. The lowest BCUT2D eigenvalue weighted by Crippen LogP contribution is -2.66. The summed E-state index contributed by atoms with van der Waals surface area (Å²) in [5.41, 5.74) is 4.39. The van der Waals surface area contributed by atoms with Gasteiger partial charge in [-0.05, 0) is 51.3 Å². The zero-order valence-corrected chi connectivity index (χ0v) is 23.8. The summed E-state index contributed by atoms with van der Waals surface area (Å²) in [6.07, 6.45) is -4.07. The van der Waals surface area contributed by atoms with Crippen LogP contribution in [0.3, 0.4) is 0 Å². The minimum Gasteiger partial charge on any atom is -0.472 e. The molecule has 0 spiro atoms. The van der Waals surface area contributed by atoms with E-state index in [-0.39, 0.29) is 51.2 Å². The van der Waals surface area contributed by atoms with Gasteiger partial charge >= 0.3 is 6.36 Å². The quantitative estimate of drug-likeness (QED) is 0.213. The second kappa shape index (κ2) is 9.52. The SMILES string of the molecule is Cc1c(-c2cccc(=O)[nH]2)nc2c3c(nc(-c4cc(N)cc(F)c4OC(F)(F)F)c(F)c13)O[C@@H](C)[C@@H]1[C@@H]3CC[C@](C)(CN21)N3. The van der Waals surface area contributed by atoms with Crippen molar-refractivity contribution in [3.05, 3.63) is 57.9 Å². The van der Waals surface area contributed by atoms with E-state index in [4.69, 9.17) is 15.5 Å². The number of nitrogens with two attached hydrogens (primary N) is 1. The van der Waals surface area contributed by atoms with Crippen LogP contribution in [-0.2, 0) is 0 Å². The van der Waals surface area contributed by atoms with E-state index in [0.29, 0.717) is 24.1 Å². The number of nitrogens with one attached hydrogen (secondary N) is 2. The summed E-state index contributed by atoms with van der Waals surface area (Å²) in [4.78, 5) is 26.4. The number of hydrogen-bond donors (Lipinski definition) is 3. The zero-order chi connectivity index (χ0) is 31.3. The minimum atomic E-state index is -5.29. The maximum Gasteiger partial charge on any atom is 0.573 e. The Kier molecular flexibility index (Phi) is 6.13. The van der Waals surface area contributed by atoms with Gasteiger partial charge in [0.05, 0.1) is 28.4 Å². The van der Waals surface area contributed by atoms with Gasteiger partial charge in [-0.1, -0.05) is 6.07 Å². The Balaban J connectivity index is 1.58. The van der Waals surface area contributed by atoms with E-state index in [1.165, 1.54) is 12.1 Å². The third-order valence-corrected chi connectivity index (χ3v) is 8.72. The largest absolute Gasteiger partial charge is 0.573 e. The van der Waals surface area contributed by atoms with Crippen molar-refractivity contribution in [2.75, 3.05) is 17.2 Å². The number of alkyl halides is 3. The van der Waals surface area contributed by atoms with Crippen LogP contribution in [0.4, 0.5) is 33.5 Å². The number of aryl methyl sites for hydroxylation is 1. The van der Waals surface area contributed by atoms with E-state index in [9.17, 15) is 22.4 Å². The number of nitrogens with zero attached hydrogens (tertiary/aromatic N) is 3. The maximum absolute atomic E-state index is 16.9. The number of aromatic amines is 1. The molecular weight excluding hydrogens is 587 g/mol. The standard InChI is InChI=1S/C30H27F5N6O3/c1-12-20-21-27(38-23(12)17-5-4-6-19(42)37-17)41-11-29(3)8-7-18(40-29)25(41)13(2)43-28(21)39-24(22(20)32)15-9-14(36)10-16(31)26(15)44-30(33,34)35/h4-6,9-10,13,18,25,40H,7-8,11,36H2,1-3H3,(H,37,42)/t13-,18-,25+,29+/m0/s1. The van der Waals surface area contributed by atoms with Crippen LogP contribution >= 0.6 is 0 Å². The molecule has 4 N–H and O–H groups in total. The number of anilines is 2. The Morgan fingerprint density at radius 1 is 1.16 bits per heavy atom. The molecule has 3 aliphatic rings. The van der Waals surface area contributed by atoms with Crippen molar-refractivity contribution in [2.24, 2.45) is 0 Å². The predicted molar refractivity (Wildman–Crippen MR) is 153 cm³/mol. The van der Waals surface area contributed by atoms with Crippen molar-refractivity contribution in [1.29, 1.82) is 0 Å². The summed E-state index contributed by atoms with van der Waals surface area (Å²) in [6, 6.07) is 5.83. The molecule has 7 rings (SSSR count). The molecule has 2 fully saturated rings. The molecule has 2 bridgehead atoms. The number of rotatable bonds is 3. The number of pyridine rings is 3. The Hall–Kier alpha value is -4.46. The zero-order valence-electron chi connectivity index (χ0n) is 23.8. The number of hydrogen-bond acceptors (Lipinski definition) is 8. The second-order valence-corrected chi connectivity index (χ2v) is 11.9. The highest BCUT2D eigenvalue weighted by atomic mass is 19.4. The van der Waals surface area contributed by atoms with Gasteiger partial charge in [0.1, 0.15) is 17.6 Å². The Labute approximate surface area is 247 Å². The summed E-state index contributed by atoms with van der Waals surface area (Å²) in [5.74, 6) is -3.50. The molecule has 3 aromatic heterocycles. The van der Waals surface area contributed by atoms with Crippen LogP contribution in [0.15, 0.2) is 35.1 Å². The summed E-state index contributed by atoms with van der Waals surface area (Å²) in [5, 5.41) is 3.83. The number of ether oxygens (including phenoxy) is 2. The van der Waals surface area contributed by atoms with Crippen molar-refractivity contribution in [3.63, 3.8) is 0 Å². The average Bonchev–Trinajstić information content (AvgIpc) is 3.18. The Bertz CT molecular complexity index is 1910. The molecule has 2 saturated heterocycles. The predicted octanol–water partition coefficient (Wildman–Crippen LogP) is 5.20. The number of aromatic nitrogens is 3. The highest BCUT2D eigenvalue weighted by Gasteiger charge is 2.51. The average molecular weight is 615 g/mol. The molecule has 6 heterocycles. The molecule has 4 aromatic rings. The Morgan fingerprint density at radius 2 is 1.93 bits per heavy atom. The highest BCUT2D eigenvalue weighted by Crippen LogP contribution is 2.49. The fraction of sp³-hybridized carbons (Fsp3) is 0.367. The first-order valence-corrected chi connectivity index (χ1v) is 14.0. The van der Waals surface area contributed by atoms with Gasteiger partial charge < -0.3 is 30.4 Å². The van der Waals surface area contributed by atoms with Gasteiger partial charge in [-0.15, -0.1) is 13.2 Å². The third kappa shape index (κ3) is 4.42. The van der Waals surface area contributed by atoms with Crippen molar-refractivity contribution in [3.8, 4) is 34.3 Å². The smallest absolute Gasteiger partial charge is 0.472 e. The molecule has 230 valence electrons. The van der Waals surface area contributed by atoms with Crippen LogP contribution in [0.1, 0.15) is 32.3 Å². The second-order valence-electron chi connectivity index (χ2n) is 11.9. The summed E-state index contributed by atoms with van der Waals surface area (Å²) < 4.78 is 82.4. The lowest BCUT2D eigenvalue weighted by molar-refractivity contribution is -0.275. The van der Waals surface area contributed by atoms with Gasteiger partial charge in [-0.2, -0.15) is 0 Å². The Morgan fingerprint density at radius 3 is 2.66 bits per heavy atom. The normalized spacial score (nSPS) is 24.2. The lowest BCUT2D eigenvalue weighted by atomic mass is 9.95. The molecular formula is C30H27F5N6O3. The third-order valence-electron chi connectivity index (χ3n) is 8.72. The van der Waals surface area contributed by atoms with Crippen molar-refractivity contribution in [1.82, 2.24) is 20.3 Å². The van der Waals surface area contributed by atoms with Crippen LogP contribution in [0.25, 0.3) is 33.4 Å². The molecule has 0 unspecified atom stereocenters. The molecule has 44 heavy (non-hydrogen) atoms. The van der Waals surface area contributed by atoms with Crippen molar-refractivity contribution in [2.45, 2.75) is 63.7 Å². The number of nitrogen functional groups attached to an aromatic ring is 1. The molecule has 0 aliphatic carbocycles. The first-order chi connectivity index (χ1) is 20.7. The highest BCUT2D eigenvalue weighted by molar-refractivity contribution is 6.03. The molecule has 0 saturated carbocycles. The van der Waals surface area contributed by atoms with E-state index in [1.54, 1.807) is 13.0 Å². The van der Waals surface area contributed by atoms with Crippen LogP contribution in [0, 0.1) is 18.6 Å². The van der Waals surface area contributed by atoms with E-state index < -0.39 is 46.7 Å². The van der Waals surface area contributed by atoms with Gasteiger partial charge in [0.2, 0.25) is 11.4 Å². The van der Waals surface area contributed by atoms with Gasteiger partial charge in [0.15, 0.2) is 17.4 Å². The van der Waals surface area contributed by atoms with E-state index in [0.717, 1.165) is 18.9 Å². The van der Waals surface area contributed by atoms with Crippen LogP contribution in [0.5, 0.6) is 11.6 Å². The van der Waals surface area contributed by atoms with Crippen LogP contribution in [-0.4, -0.2) is 51.6 Å². The molecule has 0 amide bonds. The van der Waals surface area contributed by atoms with E-state index >= 15 is 4.39 Å². The van der Waals surface area contributed by atoms with Gasteiger partial charge in [-0.25, -0.2) is 18.7 Å². The van der Waals surface area contributed by atoms with Crippen molar-refractivity contribution >= 4 is 22.3 Å². The number of piperazine rings is 1. The van der Waals surface area contributed by atoms with Gasteiger partial charge in [-0.3, -0.25) is 4.79 Å². The maximum atomic E-state index is 16.9. The molecule has 0 radical (unpaired) electrons. The molecule has 9 nitrogen and oxygen atoms in total. The van der Waals surface area contributed by atoms with Gasteiger partial charge in [0, 0.05) is 41.3 Å². The summed E-state index contributed by atoms with van der Waals surface area (Å²) in [7, 11) is 0. The van der Waals surface area contributed by atoms with E-state index in [2.05, 4.69) is 31.8 Å². The number of benzene rings is 1. The first-order valence-electron chi connectivity index (χ1n) is 14.0. The van der Waals surface area contributed by atoms with E-state index in [1.807, 2.05) is 6.92 Å². The number of fused-ring (bicyclic) bond motifs is 5. The lowest BCUT2D eigenvalue weighted by Gasteiger charge is -2.46. The number of H-pyrrole nitrogens is 1. The summed E-state index contributed by atoms with van der Waals surface area (Å²) >= 11 is 0. The van der Waals surface area contributed by atoms with Crippen LogP contribution in [0.2, 0.25) is 0 Å². The fourth-order valence-corrected chi connectivity index (χ4v) is 6.98. The van der Waals surface area contributed by atoms with Crippen LogP contribution < -0.4 is 31.0 Å². The topological polar surface area (TPSA) is 118 Å². The minimum absolute atomic E-state index is 0.00433. The first kappa shape index (κ1) is 28.3. The number of halogens is 5. The van der Waals surface area contributed by atoms with Gasteiger partial charge in [0.25, 0.3) is 0 Å². The fourth-order valence-electron chi connectivity index (χ4n) is 6.98. The molecule has 4 atom stereocenters. The van der Waals surface area contributed by atoms with Crippen molar-refractivity contribution < 1.29 is 31.4 Å². The molecule has 1 aromatic carbocycles. The summed E-state index contributed by atoms with van der Waals surface area (Å²) in [6.45, 7) is 6.01.